The summed E-state index contributed by atoms with van der Waals surface area (Å²) < 4.78 is 41.3. The van der Waals surface area contributed by atoms with Crippen molar-refractivity contribution >= 4 is 0 Å². The summed E-state index contributed by atoms with van der Waals surface area (Å²) in [5, 5.41) is 0. The molecule has 0 bridgehead atoms. The second kappa shape index (κ2) is 6.16. The Hall–Kier alpha value is -2.41. The third-order valence-corrected chi connectivity index (χ3v) is 2.59. The van der Waals surface area contributed by atoms with Gasteiger partial charge in [0, 0.05) is 11.1 Å². The van der Waals surface area contributed by atoms with Crippen molar-refractivity contribution in [2.45, 2.75) is 13.5 Å². The maximum Gasteiger partial charge on any atom is 0.387 e. The number of ether oxygens (including phenoxy) is 1. The largest absolute Gasteiger partial charge is 0.435 e. The van der Waals surface area contributed by atoms with Gasteiger partial charge in [0.25, 0.3) is 0 Å². The zero-order chi connectivity index (χ0) is 14.5. The summed E-state index contributed by atoms with van der Waals surface area (Å²) >= 11 is 0. The van der Waals surface area contributed by atoms with Crippen molar-refractivity contribution in [2.24, 2.45) is 0 Å². The van der Waals surface area contributed by atoms with E-state index in [-0.39, 0.29) is 11.6 Å². The molecular formula is C16H11F3O. The number of aryl methyl sites for hydroxylation is 1. The summed E-state index contributed by atoms with van der Waals surface area (Å²) in [6, 6.07) is 10.6. The molecule has 0 aliphatic rings. The van der Waals surface area contributed by atoms with Crippen molar-refractivity contribution in [3.05, 3.63) is 65.0 Å². The average molecular weight is 276 g/mol. The van der Waals surface area contributed by atoms with E-state index in [4.69, 9.17) is 0 Å². The van der Waals surface area contributed by atoms with Crippen molar-refractivity contribution in [3.63, 3.8) is 0 Å². The Kier molecular flexibility index (Phi) is 4.31. The van der Waals surface area contributed by atoms with Gasteiger partial charge in [-0.3, -0.25) is 0 Å². The SMILES string of the molecule is Cc1cc(C#Cc2ccc(OC(F)F)cc2)ccc1F. The van der Waals surface area contributed by atoms with Crippen molar-refractivity contribution in [3.8, 4) is 17.6 Å². The zero-order valence-corrected chi connectivity index (χ0v) is 10.7. The summed E-state index contributed by atoms with van der Waals surface area (Å²) in [7, 11) is 0. The number of alkyl halides is 2. The zero-order valence-electron chi connectivity index (χ0n) is 10.7. The molecule has 2 aromatic rings. The quantitative estimate of drug-likeness (QED) is 0.749. The van der Waals surface area contributed by atoms with E-state index in [0.717, 1.165) is 0 Å². The monoisotopic (exact) mass is 276 g/mol. The molecular weight excluding hydrogens is 265 g/mol. The molecule has 0 saturated heterocycles. The van der Waals surface area contributed by atoms with E-state index in [1.165, 1.54) is 18.2 Å². The Morgan fingerprint density at radius 1 is 0.950 bits per heavy atom. The van der Waals surface area contributed by atoms with Crippen LogP contribution in [-0.4, -0.2) is 6.61 Å². The molecule has 0 N–H and O–H groups in total. The molecule has 0 spiro atoms. The van der Waals surface area contributed by atoms with Gasteiger partial charge in [-0.2, -0.15) is 8.78 Å². The van der Waals surface area contributed by atoms with Crippen LogP contribution in [0.25, 0.3) is 0 Å². The Morgan fingerprint density at radius 3 is 2.15 bits per heavy atom. The maximum absolute atomic E-state index is 13.1. The average Bonchev–Trinajstić information content (AvgIpc) is 2.41. The smallest absolute Gasteiger partial charge is 0.387 e. The third kappa shape index (κ3) is 3.79. The van der Waals surface area contributed by atoms with Gasteiger partial charge in [-0.1, -0.05) is 11.8 Å². The topological polar surface area (TPSA) is 9.23 Å². The first-order valence-electron chi connectivity index (χ1n) is 5.87. The van der Waals surface area contributed by atoms with Gasteiger partial charge >= 0.3 is 6.61 Å². The molecule has 0 aromatic heterocycles. The summed E-state index contributed by atoms with van der Waals surface area (Å²) in [4.78, 5) is 0. The van der Waals surface area contributed by atoms with Gasteiger partial charge in [0.15, 0.2) is 0 Å². The van der Waals surface area contributed by atoms with Crippen LogP contribution in [-0.2, 0) is 0 Å². The maximum atomic E-state index is 13.1. The lowest BCUT2D eigenvalue weighted by atomic mass is 10.1. The second-order valence-electron chi connectivity index (χ2n) is 4.12. The summed E-state index contributed by atoms with van der Waals surface area (Å²) in [5.41, 5.74) is 1.88. The predicted octanol–water partition coefficient (Wildman–Crippen LogP) is 4.14. The van der Waals surface area contributed by atoms with E-state index in [9.17, 15) is 13.2 Å². The molecule has 0 fully saturated rings. The fourth-order valence-corrected chi connectivity index (χ4v) is 1.59. The van der Waals surface area contributed by atoms with E-state index in [2.05, 4.69) is 16.6 Å². The van der Waals surface area contributed by atoms with Crippen LogP contribution in [0.3, 0.4) is 0 Å². The van der Waals surface area contributed by atoms with Crippen LogP contribution in [0.1, 0.15) is 16.7 Å². The molecule has 0 amide bonds. The lowest BCUT2D eigenvalue weighted by Gasteiger charge is -2.03. The van der Waals surface area contributed by atoms with Gasteiger partial charge in [-0.15, -0.1) is 0 Å². The lowest BCUT2D eigenvalue weighted by molar-refractivity contribution is -0.0498. The number of hydrogen-bond donors (Lipinski definition) is 0. The number of hydrogen-bond acceptors (Lipinski definition) is 1. The molecule has 0 radical (unpaired) electrons. The fraction of sp³-hybridized carbons (Fsp3) is 0.125. The van der Waals surface area contributed by atoms with Crippen molar-refractivity contribution in [1.29, 1.82) is 0 Å². The predicted molar refractivity (Wildman–Crippen MR) is 70.2 cm³/mol. The first-order valence-corrected chi connectivity index (χ1v) is 5.87. The van der Waals surface area contributed by atoms with Crippen LogP contribution in [0.5, 0.6) is 5.75 Å². The minimum Gasteiger partial charge on any atom is -0.435 e. The molecule has 0 heterocycles. The molecule has 0 unspecified atom stereocenters. The molecule has 2 aromatic carbocycles. The Bertz CT molecular complexity index is 652. The first kappa shape index (κ1) is 14.0. The molecule has 0 atom stereocenters. The summed E-state index contributed by atoms with van der Waals surface area (Å²) in [6.07, 6.45) is 0. The molecule has 0 saturated carbocycles. The normalized spacial score (nSPS) is 10.1. The fourth-order valence-electron chi connectivity index (χ4n) is 1.59. The Labute approximate surface area is 115 Å². The van der Waals surface area contributed by atoms with Crippen molar-refractivity contribution < 1.29 is 17.9 Å². The number of benzene rings is 2. The van der Waals surface area contributed by atoms with Crippen LogP contribution in [0.15, 0.2) is 42.5 Å². The van der Waals surface area contributed by atoms with Gasteiger partial charge in [-0.05, 0) is 55.0 Å². The standard InChI is InChI=1S/C16H11F3O/c1-11-10-13(6-9-15(11)17)3-2-12-4-7-14(8-5-12)20-16(18)19/h4-10,16H,1H3. The molecule has 102 valence electrons. The van der Waals surface area contributed by atoms with Crippen LogP contribution in [0.4, 0.5) is 13.2 Å². The summed E-state index contributed by atoms with van der Waals surface area (Å²) in [6.45, 7) is -1.18. The lowest BCUT2D eigenvalue weighted by Crippen LogP contribution is -2.01. The Balaban J connectivity index is 2.14. The van der Waals surface area contributed by atoms with E-state index < -0.39 is 6.61 Å². The van der Waals surface area contributed by atoms with Crippen LogP contribution in [0, 0.1) is 24.6 Å². The third-order valence-electron chi connectivity index (χ3n) is 2.59. The van der Waals surface area contributed by atoms with Gasteiger partial charge in [-0.25, -0.2) is 4.39 Å². The van der Waals surface area contributed by atoms with E-state index in [0.29, 0.717) is 16.7 Å². The molecule has 0 aliphatic heterocycles. The van der Waals surface area contributed by atoms with Gasteiger partial charge in [0.05, 0.1) is 0 Å². The highest BCUT2D eigenvalue weighted by atomic mass is 19.3. The number of rotatable bonds is 2. The van der Waals surface area contributed by atoms with Gasteiger partial charge in [0.1, 0.15) is 11.6 Å². The van der Waals surface area contributed by atoms with E-state index in [1.54, 1.807) is 31.2 Å². The second-order valence-corrected chi connectivity index (χ2v) is 4.12. The minimum absolute atomic E-state index is 0.0863. The molecule has 2 rings (SSSR count). The first-order chi connectivity index (χ1) is 9.54. The highest BCUT2D eigenvalue weighted by Gasteiger charge is 2.02. The van der Waals surface area contributed by atoms with Crippen molar-refractivity contribution in [1.82, 2.24) is 0 Å². The highest BCUT2D eigenvalue weighted by molar-refractivity contribution is 5.45. The van der Waals surface area contributed by atoms with Crippen molar-refractivity contribution in [2.75, 3.05) is 0 Å². The molecule has 20 heavy (non-hydrogen) atoms. The van der Waals surface area contributed by atoms with Crippen LogP contribution < -0.4 is 4.74 Å². The summed E-state index contributed by atoms with van der Waals surface area (Å²) in [5.74, 6) is 5.57. The molecule has 0 aliphatic carbocycles. The van der Waals surface area contributed by atoms with Crippen LogP contribution >= 0.6 is 0 Å². The van der Waals surface area contributed by atoms with E-state index >= 15 is 0 Å². The minimum atomic E-state index is -2.84. The van der Waals surface area contributed by atoms with Crippen LogP contribution in [0.2, 0.25) is 0 Å². The van der Waals surface area contributed by atoms with Gasteiger partial charge in [0.2, 0.25) is 0 Å². The Morgan fingerprint density at radius 2 is 1.55 bits per heavy atom. The number of halogens is 3. The highest BCUT2D eigenvalue weighted by Crippen LogP contribution is 2.14. The molecule has 4 heteroatoms. The van der Waals surface area contributed by atoms with Gasteiger partial charge < -0.3 is 4.74 Å². The van der Waals surface area contributed by atoms with E-state index in [1.807, 2.05) is 0 Å². The molecule has 1 nitrogen and oxygen atoms in total.